The van der Waals surface area contributed by atoms with Gasteiger partial charge >= 0.3 is 0 Å². The first kappa shape index (κ1) is 13.7. The zero-order valence-electron chi connectivity index (χ0n) is 11.4. The Morgan fingerprint density at radius 2 is 2.00 bits per heavy atom. The topological polar surface area (TPSA) is 20.3 Å². The molecule has 0 bridgehead atoms. The summed E-state index contributed by atoms with van der Waals surface area (Å²) in [5.41, 5.74) is -0.120. The van der Waals surface area contributed by atoms with Crippen LogP contribution in [0.15, 0.2) is 18.2 Å². The van der Waals surface area contributed by atoms with Gasteiger partial charge in [-0.3, -0.25) is 9.69 Å². The van der Waals surface area contributed by atoms with Crippen molar-refractivity contribution in [2.45, 2.75) is 38.1 Å². The maximum atomic E-state index is 13.6. The molecule has 1 aromatic rings. The fourth-order valence-electron chi connectivity index (χ4n) is 3.73. The third-order valence-corrected chi connectivity index (χ3v) is 4.68. The highest BCUT2D eigenvalue weighted by Gasteiger charge is 2.35. The molecule has 2 aliphatic rings. The van der Waals surface area contributed by atoms with E-state index in [9.17, 15) is 13.6 Å². The van der Waals surface area contributed by atoms with E-state index in [1.54, 1.807) is 0 Å². The van der Waals surface area contributed by atoms with Crippen molar-refractivity contribution in [1.29, 1.82) is 0 Å². The number of ketones is 1. The highest BCUT2D eigenvalue weighted by atomic mass is 19.1. The van der Waals surface area contributed by atoms with Gasteiger partial charge in [-0.15, -0.1) is 0 Å². The summed E-state index contributed by atoms with van der Waals surface area (Å²) in [6, 6.07) is 3.54. The number of hydrogen-bond donors (Lipinski definition) is 0. The van der Waals surface area contributed by atoms with Gasteiger partial charge in [-0.25, -0.2) is 8.78 Å². The number of piperidine rings is 1. The fraction of sp³-hybridized carbons (Fsp3) is 0.562. The molecule has 1 saturated carbocycles. The van der Waals surface area contributed by atoms with Crippen molar-refractivity contribution in [2.24, 2.45) is 5.92 Å². The first-order chi connectivity index (χ1) is 9.65. The van der Waals surface area contributed by atoms with Crippen molar-refractivity contribution in [3.8, 4) is 0 Å². The molecule has 0 radical (unpaired) electrons. The van der Waals surface area contributed by atoms with Gasteiger partial charge in [0.15, 0.2) is 5.78 Å². The van der Waals surface area contributed by atoms with Gasteiger partial charge in [-0.1, -0.05) is 6.42 Å². The van der Waals surface area contributed by atoms with Gasteiger partial charge in [0.2, 0.25) is 0 Å². The van der Waals surface area contributed by atoms with Crippen molar-refractivity contribution < 1.29 is 13.6 Å². The lowest BCUT2D eigenvalue weighted by molar-refractivity contribution is 0.0773. The summed E-state index contributed by atoms with van der Waals surface area (Å²) in [5, 5.41) is 0. The zero-order chi connectivity index (χ0) is 14.1. The molecular weight excluding hydrogens is 260 g/mol. The molecule has 108 valence electrons. The van der Waals surface area contributed by atoms with E-state index in [1.165, 1.54) is 19.3 Å². The van der Waals surface area contributed by atoms with Crippen LogP contribution in [0, 0.1) is 17.6 Å². The van der Waals surface area contributed by atoms with Crippen LogP contribution in [-0.4, -0.2) is 29.8 Å². The van der Waals surface area contributed by atoms with Crippen molar-refractivity contribution >= 4 is 5.78 Å². The average Bonchev–Trinajstić information content (AvgIpc) is 2.91. The van der Waals surface area contributed by atoms with Crippen LogP contribution in [0.5, 0.6) is 0 Å². The van der Waals surface area contributed by atoms with Gasteiger partial charge in [0.1, 0.15) is 11.6 Å². The number of rotatable bonds is 3. The van der Waals surface area contributed by atoms with E-state index in [-0.39, 0.29) is 17.9 Å². The monoisotopic (exact) mass is 279 g/mol. The van der Waals surface area contributed by atoms with E-state index in [4.69, 9.17) is 0 Å². The van der Waals surface area contributed by atoms with Crippen LogP contribution in [0.3, 0.4) is 0 Å². The molecule has 2 unspecified atom stereocenters. The predicted molar refractivity (Wildman–Crippen MR) is 72.6 cm³/mol. The largest absolute Gasteiger partial charge is 0.293 e. The molecule has 0 spiro atoms. The Morgan fingerprint density at radius 3 is 2.85 bits per heavy atom. The molecule has 20 heavy (non-hydrogen) atoms. The number of Topliss-reactive ketones (excluding diaryl/α,β-unsaturated/α-hetero) is 1. The molecule has 0 aromatic heterocycles. The fourth-order valence-corrected chi connectivity index (χ4v) is 3.73. The van der Waals surface area contributed by atoms with Crippen LogP contribution in [0.2, 0.25) is 0 Å². The number of carbonyl (C=O) groups is 1. The van der Waals surface area contributed by atoms with Crippen molar-refractivity contribution in [3.63, 3.8) is 0 Å². The van der Waals surface area contributed by atoms with Crippen LogP contribution in [0.25, 0.3) is 0 Å². The molecule has 3 rings (SSSR count). The molecule has 2 fully saturated rings. The molecule has 1 heterocycles. The van der Waals surface area contributed by atoms with Gasteiger partial charge in [0.05, 0.1) is 12.1 Å². The average molecular weight is 279 g/mol. The molecule has 1 aliphatic carbocycles. The molecule has 2 atom stereocenters. The van der Waals surface area contributed by atoms with Crippen molar-refractivity contribution in [3.05, 3.63) is 35.4 Å². The normalized spacial score (nSPS) is 26.5. The van der Waals surface area contributed by atoms with Crippen molar-refractivity contribution in [1.82, 2.24) is 4.90 Å². The Kier molecular flexibility index (Phi) is 3.83. The predicted octanol–water partition coefficient (Wildman–Crippen LogP) is 3.41. The lowest BCUT2D eigenvalue weighted by Crippen LogP contribution is -2.45. The summed E-state index contributed by atoms with van der Waals surface area (Å²) in [5.74, 6) is -0.813. The van der Waals surface area contributed by atoms with E-state index < -0.39 is 11.6 Å². The van der Waals surface area contributed by atoms with Crippen LogP contribution in [-0.2, 0) is 0 Å². The van der Waals surface area contributed by atoms with E-state index in [1.807, 2.05) is 0 Å². The molecule has 0 N–H and O–H groups in total. The van der Waals surface area contributed by atoms with Gasteiger partial charge in [-0.2, -0.15) is 0 Å². The SMILES string of the molecule is O=C(CN1CCCC2CCCC21)c1cc(F)ccc1F. The third-order valence-electron chi connectivity index (χ3n) is 4.68. The molecule has 2 nitrogen and oxygen atoms in total. The number of hydrogen-bond acceptors (Lipinski definition) is 2. The highest BCUT2D eigenvalue weighted by molar-refractivity contribution is 5.97. The number of fused-ring (bicyclic) bond motifs is 1. The van der Waals surface area contributed by atoms with E-state index in [0.29, 0.717) is 12.0 Å². The Labute approximate surface area is 117 Å². The number of benzene rings is 1. The maximum Gasteiger partial charge on any atom is 0.179 e. The van der Waals surface area contributed by atoms with Crippen LogP contribution in [0.4, 0.5) is 8.78 Å². The highest BCUT2D eigenvalue weighted by Crippen LogP contribution is 2.36. The number of likely N-dealkylation sites (tertiary alicyclic amines) is 1. The molecule has 1 aromatic carbocycles. The summed E-state index contributed by atoms with van der Waals surface area (Å²) in [6.07, 6.45) is 5.92. The molecule has 0 amide bonds. The minimum absolute atomic E-state index is 0.120. The van der Waals surface area contributed by atoms with Crippen LogP contribution >= 0.6 is 0 Å². The van der Waals surface area contributed by atoms with Gasteiger partial charge in [0.25, 0.3) is 0 Å². The van der Waals surface area contributed by atoms with Crippen molar-refractivity contribution in [2.75, 3.05) is 13.1 Å². The summed E-state index contributed by atoms with van der Waals surface area (Å²) in [6.45, 7) is 1.10. The van der Waals surface area contributed by atoms with Gasteiger partial charge < -0.3 is 0 Å². The number of halogens is 2. The standard InChI is InChI=1S/C16H19F2NO/c17-12-6-7-14(18)13(9-12)16(20)10-19-8-2-4-11-3-1-5-15(11)19/h6-7,9,11,15H,1-5,8,10H2. The summed E-state index contributed by atoms with van der Waals surface area (Å²) >= 11 is 0. The molecule has 4 heteroatoms. The minimum Gasteiger partial charge on any atom is -0.293 e. The Hall–Kier alpha value is -1.29. The summed E-state index contributed by atoms with van der Waals surface area (Å²) < 4.78 is 26.8. The van der Waals surface area contributed by atoms with E-state index in [2.05, 4.69) is 4.90 Å². The quantitative estimate of drug-likeness (QED) is 0.790. The van der Waals surface area contributed by atoms with Gasteiger partial charge in [0, 0.05) is 6.04 Å². The minimum atomic E-state index is -0.628. The van der Waals surface area contributed by atoms with E-state index in [0.717, 1.165) is 37.6 Å². The first-order valence-electron chi connectivity index (χ1n) is 7.37. The number of nitrogens with zero attached hydrogens (tertiary/aromatic N) is 1. The maximum absolute atomic E-state index is 13.6. The van der Waals surface area contributed by atoms with Gasteiger partial charge in [-0.05, 0) is 56.3 Å². The summed E-state index contributed by atoms with van der Waals surface area (Å²) in [7, 11) is 0. The number of carbonyl (C=O) groups excluding carboxylic acids is 1. The second kappa shape index (κ2) is 5.60. The molecule has 1 aliphatic heterocycles. The smallest absolute Gasteiger partial charge is 0.179 e. The third kappa shape index (κ3) is 2.62. The molecule has 1 saturated heterocycles. The van der Waals surface area contributed by atoms with Crippen LogP contribution < -0.4 is 0 Å². The first-order valence-corrected chi connectivity index (χ1v) is 7.37. The molecular formula is C16H19F2NO. The van der Waals surface area contributed by atoms with E-state index >= 15 is 0 Å². The lowest BCUT2D eigenvalue weighted by Gasteiger charge is -2.37. The Bertz CT molecular complexity index is 517. The second-order valence-corrected chi connectivity index (χ2v) is 5.92. The van der Waals surface area contributed by atoms with Crippen LogP contribution in [0.1, 0.15) is 42.5 Å². The Balaban J connectivity index is 1.73. The zero-order valence-corrected chi connectivity index (χ0v) is 11.4. The second-order valence-electron chi connectivity index (χ2n) is 5.92. The summed E-state index contributed by atoms with van der Waals surface area (Å²) in [4.78, 5) is 14.4. The lowest BCUT2D eigenvalue weighted by atomic mass is 9.91. The Morgan fingerprint density at radius 1 is 1.20 bits per heavy atom.